The number of nitrogens with two attached hydrogens (primary N) is 2. The number of carbonyl (C=O) groups is 3. The Kier molecular flexibility index (Phi) is 7.47. The average molecular weight is 838 g/mol. The summed E-state index contributed by atoms with van der Waals surface area (Å²) in [6, 6.07) is 9.93. The molecule has 62 heavy (non-hydrogen) atoms. The third-order valence-corrected chi connectivity index (χ3v) is 19.9. The zero-order valence-corrected chi connectivity index (χ0v) is 36.8. The molecule has 8 N–H and O–H groups in total. The third kappa shape index (κ3) is 3.92. The molecule has 2 bridgehead atoms. The molecule has 1 aromatic carbocycles. The number of allylic oxidation sites excluding steroid dienone is 4. The molecule has 4 fully saturated rings. The number of aliphatic hydroxyl groups is 3. The highest BCUT2D eigenvalue weighted by Crippen LogP contribution is 2.89. The standard InChI is InChI=1S/C52H59N3O7/c1-26(42(58)59)31-17-20-48(55-43(53)54)21-22-49-27(2)38(48)51(31,61)32-16-14-29-23-30-24-50(60)33(15-13-28-11-9-8-10-12-28)39-44(3,4)35(57)18-19-45(39,5)37-34(56)25-46(49,6)47(7,41(37)50)52(30,62)40(49)36(29)32/h8-13,15-16,21-22,24,27,33,38-40,60-62H,14,17-20,23,25H2,1-7H3,(H,58,59)(H4,53,54,55). The first-order valence-corrected chi connectivity index (χ1v) is 22.6. The molecule has 1 spiro atoms. The second kappa shape index (κ2) is 11.5. The summed E-state index contributed by atoms with van der Waals surface area (Å²) >= 11 is 0. The van der Waals surface area contributed by atoms with Gasteiger partial charge in [0.1, 0.15) is 22.6 Å². The number of hydrogen-bond donors (Lipinski definition) is 6. The van der Waals surface area contributed by atoms with Crippen LogP contribution in [0.4, 0.5) is 0 Å². The molecule has 4 saturated carbocycles. The van der Waals surface area contributed by atoms with Gasteiger partial charge in [-0.25, -0.2) is 9.79 Å². The van der Waals surface area contributed by atoms with E-state index in [4.69, 9.17) is 16.5 Å². The van der Waals surface area contributed by atoms with Crippen molar-refractivity contribution in [3.05, 3.63) is 111 Å². The van der Waals surface area contributed by atoms with Gasteiger partial charge < -0.3 is 31.9 Å². The number of fused-ring (bicyclic) bond motifs is 3. The second-order valence-electron chi connectivity index (χ2n) is 22.1. The van der Waals surface area contributed by atoms with Gasteiger partial charge in [0, 0.05) is 63.4 Å². The summed E-state index contributed by atoms with van der Waals surface area (Å²) in [6.07, 6.45) is 14.4. The zero-order chi connectivity index (χ0) is 44.3. The highest BCUT2D eigenvalue weighted by molar-refractivity contribution is 6.02. The summed E-state index contributed by atoms with van der Waals surface area (Å²) in [5.41, 5.74) is 6.81. The van der Waals surface area contributed by atoms with E-state index in [-0.39, 0.29) is 35.9 Å². The fourth-order valence-electron chi connectivity index (χ4n) is 17.7. The lowest BCUT2D eigenvalue weighted by Crippen LogP contribution is -2.71. The number of carbonyl (C=O) groups excluding carboxylic acids is 2. The molecule has 13 unspecified atom stereocenters. The summed E-state index contributed by atoms with van der Waals surface area (Å²) in [7, 11) is 0. The predicted molar refractivity (Wildman–Crippen MR) is 235 cm³/mol. The summed E-state index contributed by atoms with van der Waals surface area (Å²) in [6.45, 7) is 14.0. The van der Waals surface area contributed by atoms with Crippen LogP contribution >= 0.6 is 0 Å². The van der Waals surface area contributed by atoms with Gasteiger partial charge in [0.05, 0.1) is 5.54 Å². The first-order valence-electron chi connectivity index (χ1n) is 22.6. The third-order valence-electron chi connectivity index (χ3n) is 19.9. The normalized spacial score (nSPS) is 48.0. The number of Topliss-reactive ketones (excluding diaryl/α,β-unsaturated/α-hetero) is 2. The van der Waals surface area contributed by atoms with Crippen molar-refractivity contribution in [1.82, 2.24) is 0 Å². The lowest BCUT2D eigenvalue weighted by Gasteiger charge is -2.70. The number of aliphatic carboxylic acids is 1. The number of aliphatic imine (C=N–C) groups is 1. The summed E-state index contributed by atoms with van der Waals surface area (Å²) in [4.78, 5) is 47.9. The van der Waals surface area contributed by atoms with Gasteiger partial charge in [-0.1, -0.05) is 108 Å². The molecule has 0 amide bonds. The van der Waals surface area contributed by atoms with Crippen molar-refractivity contribution in [1.29, 1.82) is 0 Å². The van der Waals surface area contributed by atoms with Crippen LogP contribution in [0.15, 0.2) is 110 Å². The molecule has 0 saturated heterocycles. The van der Waals surface area contributed by atoms with Gasteiger partial charge in [-0.05, 0) is 95.8 Å². The van der Waals surface area contributed by atoms with E-state index in [9.17, 15) is 30.0 Å². The lowest BCUT2D eigenvalue weighted by molar-refractivity contribution is -0.167. The van der Waals surface area contributed by atoms with Crippen molar-refractivity contribution in [2.45, 2.75) is 116 Å². The maximum atomic E-state index is 15.9. The minimum atomic E-state index is -1.82. The Morgan fingerprint density at radius 3 is 2.34 bits per heavy atom. The minimum absolute atomic E-state index is 0.0549. The first-order chi connectivity index (χ1) is 29.0. The Morgan fingerprint density at radius 2 is 1.66 bits per heavy atom. The van der Waals surface area contributed by atoms with Crippen molar-refractivity contribution >= 4 is 29.6 Å². The van der Waals surface area contributed by atoms with Crippen LogP contribution in [0, 0.1) is 56.7 Å². The van der Waals surface area contributed by atoms with E-state index in [0.29, 0.717) is 60.0 Å². The van der Waals surface area contributed by atoms with Crippen molar-refractivity contribution in [3.8, 4) is 0 Å². The number of carboxylic acid groups (broad SMARTS) is 1. The van der Waals surface area contributed by atoms with Crippen LogP contribution in [0.3, 0.4) is 0 Å². The molecule has 324 valence electrons. The summed E-state index contributed by atoms with van der Waals surface area (Å²) < 4.78 is 0. The number of rotatable bonds is 4. The highest BCUT2D eigenvalue weighted by atomic mass is 16.4. The average Bonchev–Trinajstić information content (AvgIpc) is 3.65. The summed E-state index contributed by atoms with van der Waals surface area (Å²) in [5.74, 6) is -4.33. The van der Waals surface area contributed by atoms with E-state index in [0.717, 1.165) is 16.7 Å². The first kappa shape index (κ1) is 40.2. The van der Waals surface area contributed by atoms with Crippen molar-refractivity contribution in [2.75, 3.05) is 0 Å². The molecule has 10 aliphatic carbocycles. The number of hydrogen-bond acceptors (Lipinski definition) is 7. The Bertz CT molecular complexity index is 2640. The Balaban J connectivity index is 1.28. The van der Waals surface area contributed by atoms with Gasteiger partial charge in [-0.15, -0.1) is 0 Å². The van der Waals surface area contributed by atoms with Crippen molar-refractivity contribution in [2.24, 2.45) is 73.1 Å². The molecule has 0 radical (unpaired) electrons. The van der Waals surface area contributed by atoms with Crippen molar-refractivity contribution < 1.29 is 34.8 Å². The maximum absolute atomic E-state index is 15.9. The molecule has 1 aromatic rings. The number of guanidine groups is 1. The molecule has 10 heteroatoms. The van der Waals surface area contributed by atoms with Crippen LogP contribution in [-0.4, -0.2) is 66.3 Å². The fraction of sp³-hybridized carbons (Fsp3) is 0.538. The molecule has 10 nitrogen and oxygen atoms in total. The maximum Gasteiger partial charge on any atom is 0.331 e. The van der Waals surface area contributed by atoms with Crippen LogP contribution in [0.25, 0.3) is 6.08 Å². The van der Waals surface area contributed by atoms with Gasteiger partial charge in [0.15, 0.2) is 11.7 Å². The molecule has 0 aromatic heterocycles. The Morgan fingerprint density at radius 1 is 0.952 bits per heavy atom. The van der Waals surface area contributed by atoms with Gasteiger partial charge in [-0.3, -0.25) is 9.59 Å². The Labute approximate surface area is 363 Å². The molecular formula is C52H59N3O7. The van der Waals surface area contributed by atoms with Gasteiger partial charge in [0.25, 0.3) is 0 Å². The van der Waals surface area contributed by atoms with E-state index >= 15 is 4.79 Å². The molecule has 0 aliphatic heterocycles. The topological polar surface area (TPSA) is 197 Å². The smallest absolute Gasteiger partial charge is 0.331 e. The zero-order valence-electron chi connectivity index (χ0n) is 36.8. The van der Waals surface area contributed by atoms with Crippen molar-refractivity contribution in [3.63, 3.8) is 0 Å². The SMILES string of the molecule is CC(C(=O)O)=C1CCC2(N=C(N)N)C=CC34C(C)C2C1(O)C1=CCC2=C1C3C1(O)C(=CC3(O)C5=C(C(=O)CC4(C)C51C)C1(C)CCC(=O)C(C)(C)C1C3C=Cc1ccccc1)C2. The van der Waals surface area contributed by atoms with E-state index in [1.54, 1.807) is 6.92 Å². The number of benzene rings is 1. The molecule has 10 aliphatic rings. The van der Waals surface area contributed by atoms with Crippen LogP contribution in [-0.2, 0) is 14.4 Å². The molecular weight excluding hydrogens is 779 g/mol. The molecule has 13 atom stereocenters. The second-order valence-corrected chi connectivity index (χ2v) is 22.1. The van der Waals surface area contributed by atoms with E-state index in [1.807, 2.05) is 68.5 Å². The van der Waals surface area contributed by atoms with Gasteiger partial charge in [-0.2, -0.15) is 0 Å². The van der Waals surface area contributed by atoms with Crippen LogP contribution in [0.2, 0.25) is 0 Å². The lowest BCUT2D eigenvalue weighted by atomic mass is 9.34. The quantitative estimate of drug-likeness (QED) is 0.0856. The minimum Gasteiger partial charge on any atom is -0.478 e. The highest BCUT2D eigenvalue weighted by Gasteiger charge is 2.89. The number of carboxylic acids is 1. The predicted octanol–water partition coefficient (Wildman–Crippen LogP) is 6.45. The number of nitrogens with zero attached hydrogens (tertiary/aromatic N) is 1. The Hall–Kier alpha value is -4.64. The fourth-order valence-corrected chi connectivity index (χ4v) is 17.7. The van der Waals surface area contributed by atoms with Crippen LogP contribution in [0.1, 0.15) is 99.0 Å². The number of ketones is 2. The largest absolute Gasteiger partial charge is 0.478 e. The molecule has 11 rings (SSSR count). The van der Waals surface area contributed by atoms with E-state index in [1.165, 1.54) is 0 Å². The summed E-state index contributed by atoms with van der Waals surface area (Å²) in [5, 5.41) is 53.4. The van der Waals surface area contributed by atoms with E-state index in [2.05, 4.69) is 39.8 Å². The van der Waals surface area contributed by atoms with Gasteiger partial charge >= 0.3 is 5.97 Å². The van der Waals surface area contributed by atoms with E-state index < -0.39 is 85.0 Å². The van der Waals surface area contributed by atoms with Crippen LogP contribution in [0.5, 0.6) is 0 Å². The monoisotopic (exact) mass is 837 g/mol. The van der Waals surface area contributed by atoms with Crippen LogP contribution < -0.4 is 11.5 Å². The molecule has 0 heterocycles. The van der Waals surface area contributed by atoms with Gasteiger partial charge in [0.2, 0.25) is 0 Å².